The number of nitrogen functional groups attached to an aromatic ring is 2. The fourth-order valence-electron chi connectivity index (χ4n) is 3.89. The Balaban J connectivity index is 2.47. The zero-order valence-electron chi connectivity index (χ0n) is 27.4. The minimum Gasteiger partial charge on any atom is -0.464 e. The summed E-state index contributed by atoms with van der Waals surface area (Å²) in [6, 6.07) is -2.56. The Bertz CT molecular complexity index is 1630. The summed E-state index contributed by atoms with van der Waals surface area (Å²) in [5.74, 6) is -3.69. The molecule has 23 heteroatoms. The smallest absolute Gasteiger partial charge is 0.323 e. The molecule has 0 fully saturated rings. The van der Waals surface area contributed by atoms with Crippen molar-refractivity contribution in [1.82, 2.24) is 10.6 Å². The summed E-state index contributed by atoms with van der Waals surface area (Å²) in [4.78, 5) is 86.3. The second-order valence-electron chi connectivity index (χ2n) is 10.3. The Morgan fingerprint density at radius 1 is 0.500 bits per heavy atom. The molecule has 4 amide bonds. The molecule has 0 aliphatic rings. The van der Waals surface area contributed by atoms with Gasteiger partial charge in [0, 0.05) is 27.7 Å². The van der Waals surface area contributed by atoms with Gasteiger partial charge in [0.1, 0.15) is 26.4 Å². The number of halogens is 6. The average Bonchev–Trinajstić information content (AvgIpc) is 3.05. The lowest BCUT2D eigenvalue weighted by molar-refractivity contribution is -0.146. The quantitative estimate of drug-likeness (QED) is 0.0657. The van der Waals surface area contributed by atoms with Crippen LogP contribution in [0.1, 0.15) is 48.4 Å². The summed E-state index contributed by atoms with van der Waals surface area (Å²) in [5, 5.41) is 10.8. The van der Waals surface area contributed by atoms with Crippen molar-refractivity contribution < 1.29 is 52.5 Å². The molecule has 0 aliphatic carbocycles. The largest absolute Gasteiger partial charge is 0.464 e. The van der Waals surface area contributed by atoms with Crippen LogP contribution < -0.4 is 32.7 Å². The summed E-state index contributed by atoms with van der Waals surface area (Å²) in [6.07, 6.45) is 0. The highest BCUT2D eigenvalue weighted by Crippen LogP contribution is 2.39. The highest BCUT2D eigenvalue weighted by Gasteiger charge is 2.29. The molecule has 0 saturated carbocycles. The van der Waals surface area contributed by atoms with Gasteiger partial charge >= 0.3 is 29.9 Å². The number of hydrogen-bond acceptors (Lipinski definition) is 13. The number of nitrogens with one attached hydrogen (secondary N) is 4. The summed E-state index contributed by atoms with van der Waals surface area (Å²) < 4.78 is 22.3. The van der Waals surface area contributed by atoms with E-state index in [1.54, 1.807) is 0 Å². The van der Waals surface area contributed by atoms with E-state index >= 15 is 0 Å². The lowest BCUT2D eigenvalue weighted by Gasteiger charge is -2.22. The van der Waals surface area contributed by atoms with Gasteiger partial charge in [-0.05, 0) is 136 Å². The number of nitrogens with two attached hydrogens (primary N) is 2. The van der Waals surface area contributed by atoms with E-state index in [2.05, 4.69) is 21.3 Å². The molecule has 52 heavy (non-hydrogen) atoms. The minimum absolute atomic E-state index is 0.101. The van der Waals surface area contributed by atoms with Crippen LogP contribution in [-0.4, -0.2) is 80.2 Å². The van der Waals surface area contributed by atoms with Crippen LogP contribution in [0.3, 0.4) is 0 Å². The summed E-state index contributed by atoms with van der Waals surface area (Å²) in [7, 11) is 0. The van der Waals surface area contributed by atoms with Gasteiger partial charge in [0.2, 0.25) is 0 Å². The Morgan fingerprint density at radius 3 is 1.02 bits per heavy atom. The molecule has 284 valence electrons. The van der Waals surface area contributed by atoms with Crippen molar-refractivity contribution in [3.8, 4) is 0 Å². The average molecular weight is 1400 g/mol. The molecule has 0 aromatic heterocycles. The van der Waals surface area contributed by atoms with E-state index in [1.165, 1.54) is 27.7 Å². The SMILES string of the molecule is CC(=O)OCC(COC(C)=O)NC(=O)c1c(I)c(N)c(I)c(NC(=O)Nc2c(I)c(N)c(I)c(C(=O)NC(COC(C)=O)COC(C)=O)c2I)c1I. The van der Waals surface area contributed by atoms with Crippen LogP contribution in [0, 0.1) is 21.4 Å². The first-order valence-corrected chi connectivity index (χ1v) is 20.8. The molecule has 2 aromatic rings. The second kappa shape index (κ2) is 21.6. The molecule has 8 N–H and O–H groups in total. The zero-order valence-corrected chi connectivity index (χ0v) is 40.3. The van der Waals surface area contributed by atoms with Crippen molar-refractivity contribution in [1.29, 1.82) is 0 Å². The number of anilines is 4. The third-order valence-electron chi connectivity index (χ3n) is 6.25. The van der Waals surface area contributed by atoms with E-state index in [4.69, 9.17) is 30.4 Å². The van der Waals surface area contributed by atoms with E-state index in [1.807, 2.05) is 136 Å². The maximum absolute atomic E-state index is 13.6. The van der Waals surface area contributed by atoms with Crippen LogP contribution >= 0.6 is 136 Å². The molecule has 0 radical (unpaired) electrons. The van der Waals surface area contributed by atoms with Crippen LogP contribution in [0.4, 0.5) is 27.5 Å². The van der Waals surface area contributed by atoms with Crippen molar-refractivity contribution in [2.24, 2.45) is 0 Å². The van der Waals surface area contributed by atoms with Gasteiger partial charge in [0.15, 0.2) is 0 Å². The topological polar surface area (TPSA) is 257 Å². The predicted molar refractivity (Wildman–Crippen MR) is 240 cm³/mol. The van der Waals surface area contributed by atoms with Gasteiger partial charge in [0.25, 0.3) is 11.8 Å². The Kier molecular flexibility index (Phi) is 19.3. The fourth-order valence-corrected chi connectivity index (χ4v) is 11.7. The Morgan fingerprint density at radius 2 is 0.769 bits per heavy atom. The lowest BCUT2D eigenvalue weighted by atomic mass is 10.1. The van der Waals surface area contributed by atoms with Crippen LogP contribution in [0.15, 0.2) is 0 Å². The highest BCUT2D eigenvalue weighted by atomic mass is 127. The van der Waals surface area contributed by atoms with Gasteiger partial charge in [-0.2, -0.15) is 0 Å². The summed E-state index contributed by atoms with van der Waals surface area (Å²) in [5.41, 5.74) is 13.7. The fraction of sp³-hybridized carbons (Fsp3) is 0.345. The van der Waals surface area contributed by atoms with E-state index in [0.29, 0.717) is 21.4 Å². The number of esters is 4. The van der Waals surface area contributed by atoms with E-state index in [-0.39, 0.29) is 60.3 Å². The van der Waals surface area contributed by atoms with Crippen LogP contribution in [0.5, 0.6) is 0 Å². The molecule has 0 unspecified atom stereocenters. The first kappa shape index (κ1) is 46.7. The van der Waals surface area contributed by atoms with Gasteiger partial charge in [-0.25, -0.2) is 4.79 Å². The minimum atomic E-state index is -0.896. The molecule has 0 saturated heterocycles. The molecular weight excluding hydrogens is 1370 g/mol. The molecule has 0 aliphatic heterocycles. The predicted octanol–water partition coefficient (Wildman–Crippen LogP) is 4.57. The molecule has 0 heterocycles. The maximum atomic E-state index is 13.6. The first-order chi connectivity index (χ1) is 24.2. The number of carbonyl (C=O) groups excluding carboxylic acids is 7. The summed E-state index contributed by atoms with van der Waals surface area (Å²) in [6.45, 7) is 3.68. The number of amides is 4. The highest BCUT2D eigenvalue weighted by molar-refractivity contribution is 14.1. The number of benzene rings is 2. The molecular formula is C29H30I6N6O11. The van der Waals surface area contributed by atoms with E-state index in [9.17, 15) is 33.6 Å². The van der Waals surface area contributed by atoms with Crippen LogP contribution in [-0.2, 0) is 38.1 Å². The first-order valence-electron chi connectivity index (χ1n) is 14.3. The number of hydrogen-bond donors (Lipinski definition) is 6. The normalized spacial score (nSPS) is 10.7. The number of carbonyl (C=O) groups is 7. The van der Waals surface area contributed by atoms with Crippen LogP contribution in [0.2, 0.25) is 0 Å². The second-order valence-corrected chi connectivity index (χ2v) is 16.8. The zero-order chi connectivity index (χ0) is 39.6. The lowest BCUT2D eigenvalue weighted by Crippen LogP contribution is -2.43. The molecule has 2 aromatic carbocycles. The standard InChI is InChI=1S/C29H30I6N6O11/c1-9(42)49-5-13(6-50-10(2)43)38-27(46)15-17(30)23(36)21(34)25(19(15)32)40-29(48)41-26-20(33)16(18(31)24(37)22(26)35)28(47)39-14(7-51-11(3)44)8-52-12(4)45/h13-14H,5-8,36-37H2,1-4H3,(H,38,46)(H,39,47)(H2,40,41,48). The molecule has 17 nitrogen and oxygen atoms in total. The molecule has 0 bridgehead atoms. The van der Waals surface area contributed by atoms with Gasteiger partial charge in [-0.1, -0.05) is 0 Å². The van der Waals surface area contributed by atoms with Crippen molar-refractivity contribution in [3.63, 3.8) is 0 Å². The van der Waals surface area contributed by atoms with Crippen molar-refractivity contribution in [2.45, 2.75) is 39.8 Å². The Labute approximate surface area is 379 Å². The number of rotatable bonds is 14. The third kappa shape index (κ3) is 13.4. The van der Waals surface area contributed by atoms with Gasteiger partial charge < -0.3 is 51.7 Å². The third-order valence-corrected chi connectivity index (χ3v) is 12.9. The van der Waals surface area contributed by atoms with Gasteiger partial charge in [0.05, 0.1) is 67.4 Å². The maximum Gasteiger partial charge on any atom is 0.323 e. The van der Waals surface area contributed by atoms with Gasteiger partial charge in [-0.3, -0.25) is 28.8 Å². The van der Waals surface area contributed by atoms with Crippen molar-refractivity contribution in [3.05, 3.63) is 32.5 Å². The molecule has 2 rings (SSSR count). The van der Waals surface area contributed by atoms with Gasteiger partial charge in [-0.15, -0.1) is 0 Å². The van der Waals surface area contributed by atoms with E-state index < -0.39 is 53.8 Å². The number of ether oxygens (including phenoxy) is 4. The number of urea groups is 1. The molecule has 0 atom stereocenters. The van der Waals surface area contributed by atoms with E-state index in [0.717, 1.165) is 0 Å². The summed E-state index contributed by atoms with van der Waals surface area (Å²) >= 11 is 11.5. The van der Waals surface area contributed by atoms with Crippen LogP contribution in [0.25, 0.3) is 0 Å². The van der Waals surface area contributed by atoms with Crippen molar-refractivity contribution >= 4 is 200 Å². The monoisotopic (exact) mass is 1400 g/mol. The Hall–Kier alpha value is -1.49. The van der Waals surface area contributed by atoms with Crippen molar-refractivity contribution in [2.75, 3.05) is 48.5 Å². The molecule has 0 spiro atoms.